The normalized spacial score (nSPS) is 9.57. The maximum absolute atomic E-state index is 9.31. The Morgan fingerprint density at radius 2 is 1.79 bits per heavy atom. The Balaban J connectivity index is 0.000000293. The molecule has 0 unspecified atom stereocenters. The molecule has 0 spiro atoms. The second-order valence-corrected chi connectivity index (χ2v) is 5.04. The Kier molecular flexibility index (Phi) is 5.17. The number of aromatic hydroxyl groups is 1. The number of phenols is 1. The summed E-state index contributed by atoms with van der Waals surface area (Å²) in [5, 5.41) is 10.3. The molecule has 14 heavy (non-hydrogen) atoms. The van der Waals surface area contributed by atoms with Crippen LogP contribution in [0.5, 0.6) is 5.75 Å². The fourth-order valence-corrected chi connectivity index (χ4v) is 1.09. The molecule has 1 N–H and O–H groups in total. The summed E-state index contributed by atoms with van der Waals surface area (Å²) >= 11 is -0.346. The van der Waals surface area contributed by atoms with E-state index in [1.165, 1.54) is 0 Å². The fraction of sp³-hybridized carbons (Fsp3) is 0. The fourth-order valence-electron chi connectivity index (χ4n) is 1.09. The molecular formula is C9H7Cl2NORu. The van der Waals surface area contributed by atoms with E-state index in [4.69, 9.17) is 19.4 Å². The van der Waals surface area contributed by atoms with Gasteiger partial charge >= 0.3 is 34.5 Å². The molecule has 0 saturated heterocycles. The van der Waals surface area contributed by atoms with Gasteiger partial charge in [-0.2, -0.15) is 0 Å². The van der Waals surface area contributed by atoms with Crippen LogP contribution in [0.1, 0.15) is 0 Å². The number of para-hydroxylation sites is 1. The molecule has 0 aliphatic rings. The van der Waals surface area contributed by atoms with E-state index in [2.05, 4.69) is 4.98 Å². The molecular weight excluding hydrogens is 310 g/mol. The van der Waals surface area contributed by atoms with Crippen LogP contribution in [0, 0.1) is 0 Å². The molecule has 1 heterocycles. The summed E-state index contributed by atoms with van der Waals surface area (Å²) in [5.41, 5.74) is 0.662. The van der Waals surface area contributed by atoms with Crippen LogP contribution < -0.4 is 0 Å². The molecule has 0 aliphatic carbocycles. The van der Waals surface area contributed by atoms with Crippen molar-refractivity contribution in [2.24, 2.45) is 0 Å². The third kappa shape index (κ3) is 3.09. The van der Waals surface area contributed by atoms with E-state index in [9.17, 15) is 5.11 Å². The monoisotopic (exact) mass is 317 g/mol. The van der Waals surface area contributed by atoms with Gasteiger partial charge in [0.05, 0.1) is 0 Å². The summed E-state index contributed by atoms with van der Waals surface area (Å²) in [7, 11) is 9.71. The zero-order valence-electron chi connectivity index (χ0n) is 6.97. The molecule has 0 radical (unpaired) electrons. The summed E-state index contributed by atoms with van der Waals surface area (Å²) in [6.45, 7) is 0. The average molecular weight is 317 g/mol. The van der Waals surface area contributed by atoms with Gasteiger partial charge in [0.15, 0.2) is 0 Å². The number of fused-ring (bicyclic) bond motifs is 1. The zero-order valence-corrected chi connectivity index (χ0v) is 10.2. The molecule has 76 valence electrons. The zero-order chi connectivity index (χ0) is 10.4. The predicted molar refractivity (Wildman–Crippen MR) is 55.1 cm³/mol. The molecule has 2 rings (SSSR count). The van der Waals surface area contributed by atoms with Crippen molar-refractivity contribution in [2.75, 3.05) is 0 Å². The van der Waals surface area contributed by atoms with Gasteiger partial charge < -0.3 is 5.11 Å². The van der Waals surface area contributed by atoms with Gasteiger partial charge in [-0.3, -0.25) is 4.98 Å². The van der Waals surface area contributed by atoms with Gasteiger partial charge in [0.25, 0.3) is 0 Å². The Hall–Kier alpha value is -0.367. The quantitative estimate of drug-likeness (QED) is 0.756. The number of halogens is 2. The van der Waals surface area contributed by atoms with E-state index in [0.29, 0.717) is 5.52 Å². The number of pyridine rings is 1. The van der Waals surface area contributed by atoms with E-state index in [0.717, 1.165) is 5.39 Å². The average Bonchev–Trinajstić information content (AvgIpc) is 2.20. The Morgan fingerprint density at radius 1 is 1.14 bits per heavy atom. The summed E-state index contributed by atoms with van der Waals surface area (Å²) < 4.78 is 0. The topological polar surface area (TPSA) is 33.1 Å². The summed E-state index contributed by atoms with van der Waals surface area (Å²) in [6, 6.07) is 9.13. The van der Waals surface area contributed by atoms with Crippen molar-refractivity contribution >= 4 is 30.3 Å². The molecule has 0 fully saturated rings. The number of aromatic nitrogens is 1. The van der Waals surface area contributed by atoms with Crippen molar-refractivity contribution in [1.29, 1.82) is 0 Å². The van der Waals surface area contributed by atoms with Gasteiger partial charge in [-0.05, 0) is 12.1 Å². The van der Waals surface area contributed by atoms with Crippen molar-refractivity contribution in [2.45, 2.75) is 0 Å². The van der Waals surface area contributed by atoms with Crippen molar-refractivity contribution in [3.05, 3.63) is 36.5 Å². The summed E-state index contributed by atoms with van der Waals surface area (Å²) in [6.07, 6.45) is 1.67. The van der Waals surface area contributed by atoms with Crippen LogP contribution in [0.4, 0.5) is 0 Å². The molecule has 1 aromatic carbocycles. The Labute approximate surface area is 97.6 Å². The van der Waals surface area contributed by atoms with Crippen molar-refractivity contribution in [3.8, 4) is 5.75 Å². The first-order valence-corrected chi connectivity index (χ1v) is 8.15. The SMILES string of the molecule is Oc1cccc2cccnc12.[Cl][Ru][Cl]. The van der Waals surface area contributed by atoms with Crippen molar-refractivity contribution in [3.63, 3.8) is 0 Å². The third-order valence-corrected chi connectivity index (χ3v) is 1.61. The molecule has 2 aromatic rings. The second kappa shape index (κ2) is 6.18. The standard InChI is InChI=1S/C9H7NO.2ClH.Ru/c11-8-5-1-3-7-4-2-6-10-9(7)8;;;/h1-6,11H;2*1H;/q;;;+2/p-2. The van der Waals surface area contributed by atoms with Gasteiger partial charge in [0, 0.05) is 11.6 Å². The molecule has 2 nitrogen and oxygen atoms in total. The van der Waals surface area contributed by atoms with Gasteiger partial charge in [0.2, 0.25) is 0 Å². The number of nitrogens with zero attached hydrogens (tertiary/aromatic N) is 1. The number of rotatable bonds is 0. The number of benzene rings is 1. The Morgan fingerprint density at radius 3 is 2.43 bits per heavy atom. The van der Waals surface area contributed by atoms with Crippen LogP contribution in [-0.4, -0.2) is 10.1 Å². The predicted octanol–water partition coefficient (Wildman–Crippen LogP) is 3.32. The molecule has 0 bridgehead atoms. The molecule has 1 aromatic heterocycles. The van der Waals surface area contributed by atoms with Gasteiger partial charge in [0.1, 0.15) is 11.3 Å². The van der Waals surface area contributed by atoms with E-state index in [1.54, 1.807) is 18.3 Å². The number of hydrogen-bond acceptors (Lipinski definition) is 2. The maximum atomic E-state index is 9.31. The van der Waals surface area contributed by atoms with Crippen molar-refractivity contribution < 1.29 is 20.3 Å². The molecule has 5 heteroatoms. The van der Waals surface area contributed by atoms with Crippen LogP contribution >= 0.6 is 19.4 Å². The molecule has 0 saturated carbocycles. The Bertz CT molecular complexity index is 405. The van der Waals surface area contributed by atoms with Gasteiger partial charge in [-0.25, -0.2) is 0 Å². The van der Waals surface area contributed by atoms with Crippen LogP contribution in [0.15, 0.2) is 36.5 Å². The van der Waals surface area contributed by atoms with Crippen LogP contribution in [0.25, 0.3) is 10.9 Å². The third-order valence-electron chi connectivity index (χ3n) is 1.61. The first-order chi connectivity index (χ1) is 6.79. The minimum atomic E-state index is -0.346. The van der Waals surface area contributed by atoms with E-state index < -0.39 is 0 Å². The van der Waals surface area contributed by atoms with Gasteiger partial charge in [-0.15, -0.1) is 0 Å². The first kappa shape index (κ1) is 11.7. The molecule has 0 aliphatic heterocycles. The summed E-state index contributed by atoms with van der Waals surface area (Å²) in [4.78, 5) is 4.03. The van der Waals surface area contributed by atoms with E-state index in [1.807, 2.05) is 18.2 Å². The molecule has 0 atom stereocenters. The van der Waals surface area contributed by atoms with E-state index >= 15 is 0 Å². The van der Waals surface area contributed by atoms with Crippen LogP contribution in [-0.2, 0) is 15.1 Å². The second-order valence-electron chi connectivity index (χ2n) is 2.40. The number of hydrogen-bond donors (Lipinski definition) is 1. The van der Waals surface area contributed by atoms with Crippen LogP contribution in [0.3, 0.4) is 0 Å². The van der Waals surface area contributed by atoms with E-state index in [-0.39, 0.29) is 20.9 Å². The number of phenolic OH excluding ortho intramolecular Hbond substituents is 1. The van der Waals surface area contributed by atoms with Crippen LogP contribution in [0.2, 0.25) is 0 Å². The van der Waals surface area contributed by atoms with Crippen molar-refractivity contribution in [1.82, 2.24) is 4.98 Å². The summed E-state index contributed by atoms with van der Waals surface area (Å²) in [5.74, 6) is 0.239. The van der Waals surface area contributed by atoms with Gasteiger partial charge in [-0.1, -0.05) is 18.2 Å². The minimum absolute atomic E-state index is 0.239. The first-order valence-electron chi connectivity index (χ1n) is 3.67. The molecule has 0 amide bonds.